The smallest absolute Gasteiger partial charge is 0.338 e. The van der Waals surface area contributed by atoms with Gasteiger partial charge in [0.2, 0.25) is 0 Å². The number of thiocarbonyl (C=S) groups is 1. The van der Waals surface area contributed by atoms with Gasteiger partial charge < -0.3 is 15.4 Å². The molecule has 0 heterocycles. The van der Waals surface area contributed by atoms with Crippen LogP contribution in [0, 0.1) is 6.92 Å². The zero-order valence-corrected chi connectivity index (χ0v) is 15.9. The van der Waals surface area contributed by atoms with E-state index in [1.54, 1.807) is 31.2 Å². The molecule has 2 aromatic carbocycles. The number of hydrogen-bond acceptors (Lipinski definition) is 3. The summed E-state index contributed by atoms with van der Waals surface area (Å²) in [6.07, 6.45) is 0. The first-order valence-corrected chi connectivity index (χ1v) is 8.78. The minimum atomic E-state index is -0.323. The third-order valence-electron chi connectivity index (χ3n) is 3.82. The molecule has 0 aromatic heterocycles. The first-order valence-electron chi connectivity index (χ1n) is 8.37. The Bertz CT molecular complexity index is 755. The molecule has 0 aliphatic heterocycles. The number of anilines is 2. The van der Waals surface area contributed by atoms with Gasteiger partial charge in [-0.1, -0.05) is 32.0 Å². The number of hydrogen-bond donors (Lipinski definition) is 2. The Hall–Kier alpha value is -2.40. The van der Waals surface area contributed by atoms with Crippen LogP contribution in [-0.4, -0.2) is 17.7 Å². The first-order chi connectivity index (χ1) is 11.9. The van der Waals surface area contributed by atoms with Crippen LogP contribution in [-0.2, 0) is 4.74 Å². The molecule has 0 radical (unpaired) electrons. The fourth-order valence-corrected chi connectivity index (χ4v) is 2.74. The molecule has 0 saturated carbocycles. The molecular weight excluding hydrogens is 332 g/mol. The summed E-state index contributed by atoms with van der Waals surface area (Å²) in [5, 5.41) is 6.96. The van der Waals surface area contributed by atoms with E-state index < -0.39 is 0 Å². The van der Waals surface area contributed by atoms with Gasteiger partial charge in [0.25, 0.3) is 0 Å². The Labute approximate surface area is 154 Å². The van der Waals surface area contributed by atoms with E-state index in [9.17, 15) is 4.79 Å². The summed E-state index contributed by atoms with van der Waals surface area (Å²) in [5.74, 6) is 0.0744. The van der Waals surface area contributed by atoms with Crippen LogP contribution >= 0.6 is 12.2 Å². The summed E-state index contributed by atoms with van der Waals surface area (Å²) in [4.78, 5) is 11.7. The second kappa shape index (κ2) is 8.62. The molecule has 4 nitrogen and oxygen atoms in total. The summed E-state index contributed by atoms with van der Waals surface area (Å²) >= 11 is 5.44. The Morgan fingerprint density at radius 1 is 1.12 bits per heavy atom. The quantitative estimate of drug-likeness (QED) is 0.576. The number of rotatable bonds is 5. The van der Waals surface area contributed by atoms with Crippen molar-refractivity contribution in [1.82, 2.24) is 0 Å². The predicted octanol–water partition coefficient (Wildman–Crippen LogP) is 5.10. The molecule has 25 heavy (non-hydrogen) atoms. The largest absolute Gasteiger partial charge is 0.462 e. The van der Waals surface area contributed by atoms with Gasteiger partial charge in [-0.2, -0.15) is 0 Å². The second-order valence-corrected chi connectivity index (χ2v) is 6.48. The number of benzene rings is 2. The Morgan fingerprint density at radius 3 is 2.40 bits per heavy atom. The van der Waals surface area contributed by atoms with E-state index in [0.717, 1.165) is 16.9 Å². The van der Waals surface area contributed by atoms with Crippen LogP contribution < -0.4 is 10.6 Å². The standard InChI is InChI=1S/C20H24N2O2S/c1-5-24-19(23)15-9-11-16(12-10-15)21-20(25)22-18-14(4)7-6-8-17(18)13(2)3/h6-13H,5H2,1-4H3,(H2,21,22,25). The van der Waals surface area contributed by atoms with Crippen LogP contribution in [0.15, 0.2) is 42.5 Å². The summed E-state index contributed by atoms with van der Waals surface area (Å²) in [5.41, 5.74) is 4.74. The van der Waals surface area contributed by atoms with Crippen LogP contribution in [0.2, 0.25) is 0 Å². The molecule has 0 unspecified atom stereocenters. The van der Waals surface area contributed by atoms with E-state index in [4.69, 9.17) is 17.0 Å². The van der Waals surface area contributed by atoms with Crippen LogP contribution in [0.25, 0.3) is 0 Å². The lowest BCUT2D eigenvalue weighted by molar-refractivity contribution is 0.0526. The van der Waals surface area contributed by atoms with Crippen LogP contribution in [0.4, 0.5) is 11.4 Å². The molecule has 0 aliphatic rings. The van der Waals surface area contributed by atoms with Gasteiger partial charge in [-0.05, 0) is 67.4 Å². The lowest BCUT2D eigenvalue weighted by Gasteiger charge is -2.18. The average Bonchev–Trinajstić information content (AvgIpc) is 2.57. The van der Waals surface area contributed by atoms with Gasteiger partial charge in [0.1, 0.15) is 0 Å². The number of carbonyl (C=O) groups excluding carboxylic acids is 1. The summed E-state index contributed by atoms with van der Waals surface area (Å²) in [6.45, 7) is 8.52. The molecule has 2 aromatic rings. The fraction of sp³-hybridized carbons (Fsp3) is 0.300. The van der Waals surface area contributed by atoms with E-state index in [0.29, 0.717) is 23.2 Å². The Morgan fingerprint density at radius 2 is 1.80 bits per heavy atom. The lowest BCUT2D eigenvalue weighted by Crippen LogP contribution is -2.21. The molecule has 5 heteroatoms. The summed E-state index contributed by atoms with van der Waals surface area (Å²) in [7, 11) is 0. The van der Waals surface area contributed by atoms with Gasteiger partial charge in [0, 0.05) is 11.4 Å². The van der Waals surface area contributed by atoms with Gasteiger partial charge in [-0.3, -0.25) is 0 Å². The molecule has 0 aliphatic carbocycles. The van der Waals surface area contributed by atoms with Crippen molar-refractivity contribution in [2.45, 2.75) is 33.6 Å². The normalized spacial score (nSPS) is 10.4. The number of aryl methyl sites for hydroxylation is 1. The number of para-hydroxylation sites is 1. The van der Waals surface area contributed by atoms with Crippen molar-refractivity contribution in [2.24, 2.45) is 0 Å². The molecule has 2 N–H and O–H groups in total. The van der Waals surface area contributed by atoms with Crippen molar-refractivity contribution in [3.63, 3.8) is 0 Å². The van der Waals surface area contributed by atoms with E-state index in [1.807, 2.05) is 0 Å². The lowest BCUT2D eigenvalue weighted by atomic mass is 9.98. The zero-order valence-electron chi connectivity index (χ0n) is 15.1. The van der Waals surface area contributed by atoms with E-state index in [-0.39, 0.29) is 5.97 Å². The maximum atomic E-state index is 11.7. The maximum Gasteiger partial charge on any atom is 0.338 e. The van der Waals surface area contributed by atoms with Crippen LogP contribution in [0.3, 0.4) is 0 Å². The van der Waals surface area contributed by atoms with Crippen LogP contribution in [0.5, 0.6) is 0 Å². The van der Waals surface area contributed by atoms with Gasteiger partial charge in [0.05, 0.1) is 12.2 Å². The third-order valence-corrected chi connectivity index (χ3v) is 4.02. The molecule has 2 rings (SSSR count). The first kappa shape index (κ1) is 18.9. The second-order valence-electron chi connectivity index (χ2n) is 6.07. The highest BCUT2D eigenvalue weighted by Gasteiger charge is 2.11. The fourth-order valence-electron chi connectivity index (χ4n) is 2.52. The molecule has 0 bridgehead atoms. The van der Waals surface area contributed by atoms with Crippen LogP contribution in [0.1, 0.15) is 48.2 Å². The van der Waals surface area contributed by atoms with Gasteiger partial charge in [0.15, 0.2) is 5.11 Å². The molecule has 0 fully saturated rings. The van der Waals surface area contributed by atoms with Crippen molar-refractivity contribution in [2.75, 3.05) is 17.2 Å². The predicted molar refractivity (Wildman–Crippen MR) is 108 cm³/mol. The molecule has 0 saturated heterocycles. The maximum absolute atomic E-state index is 11.7. The molecular formula is C20H24N2O2S. The van der Waals surface area contributed by atoms with Gasteiger partial charge >= 0.3 is 5.97 Å². The molecule has 0 amide bonds. The van der Waals surface area contributed by atoms with Crippen molar-refractivity contribution < 1.29 is 9.53 Å². The highest BCUT2D eigenvalue weighted by atomic mass is 32.1. The third kappa shape index (κ3) is 5.03. The number of esters is 1. The van der Waals surface area contributed by atoms with Gasteiger partial charge in [-0.15, -0.1) is 0 Å². The Balaban J connectivity index is 2.07. The summed E-state index contributed by atoms with van der Waals surface area (Å²) in [6, 6.07) is 13.3. The van der Waals surface area contributed by atoms with Gasteiger partial charge in [-0.25, -0.2) is 4.79 Å². The number of nitrogens with one attached hydrogen (secondary N) is 2. The minimum Gasteiger partial charge on any atom is -0.462 e. The summed E-state index contributed by atoms with van der Waals surface area (Å²) < 4.78 is 4.98. The van der Waals surface area contributed by atoms with E-state index >= 15 is 0 Å². The molecule has 0 atom stereocenters. The zero-order chi connectivity index (χ0) is 18.4. The topological polar surface area (TPSA) is 50.4 Å². The van der Waals surface area contributed by atoms with Crippen molar-refractivity contribution in [3.8, 4) is 0 Å². The SMILES string of the molecule is CCOC(=O)c1ccc(NC(=S)Nc2c(C)cccc2C(C)C)cc1. The van der Waals surface area contributed by atoms with Crippen molar-refractivity contribution >= 4 is 34.7 Å². The highest BCUT2D eigenvalue weighted by Crippen LogP contribution is 2.27. The van der Waals surface area contributed by atoms with E-state index in [1.165, 1.54) is 5.56 Å². The Kier molecular flexibility index (Phi) is 6.53. The highest BCUT2D eigenvalue weighted by molar-refractivity contribution is 7.80. The van der Waals surface area contributed by atoms with Crippen molar-refractivity contribution in [1.29, 1.82) is 0 Å². The van der Waals surface area contributed by atoms with Crippen molar-refractivity contribution in [3.05, 3.63) is 59.2 Å². The molecule has 0 spiro atoms. The number of carbonyl (C=O) groups is 1. The monoisotopic (exact) mass is 356 g/mol. The average molecular weight is 356 g/mol. The number of ether oxygens (including phenoxy) is 1. The molecule has 132 valence electrons. The van der Waals surface area contributed by atoms with E-state index in [2.05, 4.69) is 49.6 Å². The minimum absolute atomic E-state index is 0.323.